The van der Waals surface area contributed by atoms with Gasteiger partial charge in [0.2, 0.25) is 5.13 Å². The first kappa shape index (κ1) is 12.4. The number of hydrogen-bond acceptors (Lipinski definition) is 7. The highest BCUT2D eigenvalue weighted by atomic mass is 32.1. The Morgan fingerprint density at radius 2 is 2.18 bits per heavy atom. The number of nitrogens with zero attached hydrogens (tertiary/aromatic N) is 4. The van der Waals surface area contributed by atoms with E-state index in [0.717, 1.165) is 28.9 Å². The Morgan fingerprint density at radius 1 is 1.35 bits per heavy atom. The summed E-state index contributed by atoms with van der Waals surface area (Å²) in [6.07, 6.45) is 0. The monoisotopic (exact) mass is 269 g/mol. The molecular formula is C10H15N5S2. The predicted molar refractivity (Wildman–Crippen MR) is 71.5 cm³/mol. The Labute approximate surface area is 109 Å². The van der Waals surface area contributed by atoms with Crippen molar-refractivity contribution in [2.75, 3.05) is 19.4 Å². The third-order valence-corrected chi connectivity index (χ3v) is 4.19. The topological polar surface area (TPSA) is 53.9 Å². The molecule has 0 spiro atoms. The van der Waals surface area contributed by atoms with E-state index in [0.29, 0.717) is 0 Å². The summed E-state index contributed by atoms with van der Waals surface area (Å²) in [5.41, 5.74) is 3.01. The van der Waals surface area contributed by atoms with Crippen LogP contribution < -0.4 is 5.32 Å². The zero-order valence-electron chi connectivity index (χ0n) is 10.1. The number of thiazole rings is 1. The predicted octanol–water partition coefficient (Wildman–Crippen LogP) is 1.98. The van der Waals surface area contributed by atoms with Gasteiger partial charge in [-0.05, 0) is 14.0 Å². The standard InChI is InChI=1S/C10H15N5S2/c1-7-8(16-6-12-7)4-15(3)5-9-13-14-10(11-2)17-9/h6H,4-5H2,1-3H3,(H,11,14). The maximum atomic E-state index is 4.25. The molecule has 0 saturated heterocycles. The van der Waals surface area contributed by atoms with Gasteiger partial charge in [0.15, 0.2) is 0 Å². The minimum atomic E-state index is 0.816. The van der Waals surface area contributed by atoms with Crippen molar-refractivity contribution in [3.63, 3.8) is 0 Å². The van der Waals surface area contributed by atoms with Gasteiger partial charge in [-0.2, -0.15) is 0 Å². The first-order chi connectivity index (χ1) is 8.19. The number of hydrogen-bond donors (Lipinski definition) is 1. The molecule has 0 bridgehead atoms. The molecule has 0 aliphatic rings. The highest BCUT2D eigenvalue weighted by Gasteiger charge is 2.09. The number of aryl methyl sites for hydroxylation is 1. The molecular weight excluding hydrogens is 254 g/mol. The number of aromatic nitrogens is 3. The van der Waals surface area contributed by atoms with Crippen molar-refractivity contribution in [3.05, 3.63) is 21.1 Å². The Morgan fingerprint density at radius 3 is 2.76 bits per heavy atom. The SMILES string of the molecule is CNc1nnc(CN(C)Cc2scnc2C)s1. The van der Waals surface area contributed by atoms with Gasteiger partial charge < -0.3 is 5.32 Å². The lowest BCUT2D eigenvalue weighted by Crippen LogP contribution is -2.16. The fourth-order valence-corrected chi connectivity index (χ4v) is 3.06. The van der Waals surface area contributed by atoms with Gasteiger partial charge in [0.25, 0.3) is 0 Å². The van der Waals surface area contributed by atoms with Gasteiger partial charge in [0, 0.05) is 18.5 Å². The minimum absolute atomic E-state index is 0.816. The van der Waals surface area contributed by atoms with Crippen LogP contribution in [-0.4, -0.2) is 34.2 Å². The van der Waals surface area contributed by atoms with Crippen molar-refractivity contribution in [3.8, 4) is 0 Å². The Kier molecular flexibility index (Phi) is 4.03. The minimum Gasteiger partial charge on any atom is -0.363 e. The molecule has 2 aromatic rings. The molecule has 0 saturated carbocycles. The van der Waals surface area contributed by atoms with Crippen molar-refractivity contribution in [2.45, 2.75) is 20.0 Å². The Hall–Kier alpha value is -1.05. The lowest BCUT2D eigenvalue weighted by atomic mass is 10.4. The summed E-state index contributed by atoms with van der Waals surface area (Å²) in [5, 5.41) is 13.0. The molecule has 2 aromatic heterocycles. The van der Waals surface area contributed by atoms with Crippen molar-refractivity contribution in [1.82, 2.24) is 20.1 Å². The molecule has 0 atom stereocenters. The van der Waals surface area contributed by atoms with Crippen molar-refractivity contribution < 1.29 is 0 Å². The van der Waals surface area contributed by atoms with E-state index in [9.17, 15) is 0 Å². The van der Waals surface area contributed by atoms with Crippen molar-refractivity contribution in [2.24, 2.45) is 0 Å². The van der Waals surface area contributed by atoms with Gasteiger partial charge in [-0.15, -0.1) is 21.5 Å². The molecule has 0 aliphatic carbocycles. The normalized spacial score (nSPS) is 11.1. The third kappa shape index (κ3) is 3.21. The van der Waals surface area contributed by atoms with Gasteiger partial charge >= 0.3 is 0 Å². The fraction of sp³-hybridized carbons (Fsp3) is 0.500. The summed E-state index contributed by atoms with van der Waals surface area (Å²) >= 11 is 3.29. The lowest BCUT2D eigenvalue weighted by molar-refractivity contribution is 0.319. The highest BCUT2D eigenvalue weighted by molar-refractivity contribution is 7.15. The molecule has 92 valence electrons. The summed E-state index contributed by atoms with van der Waals surface area (Å²) < 4.78 is 0. The molecule has 1 N–H and O–H groups in total. The molecule has 0 amide bonds. The van der Waals surface area contributed by atoms with E-state index in [1.54, 1.807) is 22.7 Å². The first-order valence-electron chi connectivity index (χ1n) is 5.26. The molecule has 0 radical (unpaired) electrons. The Balaban J connectivity index is 1.93. The lowest BCUT2D eigenvalue weighted by Gasteiger charge is -2.13. The maximum Gasteiger partial charge on any atom is 0.205 e. The van der Waals surface area contributed by atoms with Crippen LogP contribution >= 0.6 is 22.7 Å². The zero-order valence-corrected chi connectivity index (χ0v) is 11.7. The largest absolute Gasteiger partial charge is 0.363 e. The second kappa shape index (κ2) is 5.52. The first-order valence-corrected chi connectivity index (χ1v) is 6.96. The molecule has 0 unspecified atom stereocenters. The van der Waals surface area contributed by atoms with E-state index in [2.05, 4.69) is 32.4 Å². The highest BCUT2D eigenvalue weighted by Crippen LogP contribution is 2.18. The number of nitrogens with one attached hydrogen (secondary N) is 1. The van der Waals surface area contributed by atoms with Crippen molar-refractivity contribution in [1.29, 1.82) is 0 Å². The van der Waals surface area contributed by atoms with Gasteiger partial charge in [-0.25, -0.2) is 4.98 Å². The Bertz CT molecular complexity index is 479. The van der Waals surface area contributed by atoms with Gasteiger partial charge in [0.05, 0.1) is 17.7 Å². The van der Waals surface area contributed by atoms with E-state index in [4.69, 9.17) is 0 Å². The third-order valence-electron chi connectivity index (χ3n) is 2.34. The van der Waals surface area contributed by atoms with Crippen LogP contribution in [0.3, 0.4) is 0 Å². The quantitative estimate of drug-likeness (QED) is 0.899. The number of rotatable bonds is 5. The average Bonchev–Trinajstić information content (AvgIpc) is 2.89. The van der Waals surface area contributed by atoms with Crippen LogP contribution in [0.5, 0.6) is 0 Å². The fourth-order valence-electron chi connectivity index (χ4n) is 1.43. The van der Waals surface area contributed by atoms with E-state index >= 15 is 0 Å². The molecule has 0 aliphatic heterocycles. The molecule has 0 aromatic carbocycles. The molecule has 7 heteroatoms. The molecule has 2 rings (SSSR count). The van der Waals surface area contributed by atoms with Crippen LogP contribution in [0.15, 0.2) is 5.51 Å². The van der Waals surface area contributed by atoms with Gasteiger partial charge in [-0.1, -0.05) is 11.3 Å². The number of anilines is 1. The summed E-state index contributed by atoms with van der Waals surface area (Å²) in [7, 11) is 3.94. The molecule has 0 fully saturated rings. The van der Waals surface area contributed by atoms with E-state index < -0.39 is 0 Å². The summed E-state index contributed by atoms with van der Waals surface area (Å²) in [6, 6.07) is 0. The van der Waals surface area contributed by atoms with Crippen LogP contribution in [0.4, 0.5) is 5.13 Å². The van der Waals surface area contributed by atoms with Crippen LogP contribution in [0, 0.1) is 6.92 Å². The summed E-state index contributed by atoms with van der Waals surface area (Å²) in [4.78, 5) is 7.78. The average molecular weight is 269 g/mol. The molecule has 5 nitrogen and oxygen atoms in total. The van der Waals surface area contributed by atoms with Crippen LogP contribution in [0.1, 0.15) is 15.6 Å². The molecule has 2 heterocycles. The van der Waals surface area contributed by atoms with Gasteiger partial charge in [0.1, 0.15) is 5.01 Å². The van der Waals surface area contributed by atoms with Crippen molar-refractivity contribution >= 4 is 27.8 Å². The van der Waals surface area contributed by atoms with Crippen LogP contribution in [-0.2, 0) is 13.1 Å². The van der Waals surface area contributed by atoms with E-state index in [1.165, 1.54) is 4.88 Å². The zero-order chi connectivity index (χ0) is 12.3. The smallest absolute Gasteiger partial charge is 0.205 e. The molecule has 17 heavy (non-hydrogen) atoms. The van der Waals surface area contributed by atoms with E-state index in [1.807, 2.05) is 19.5 Å². The second-order valence-electron chi connectivity index (χ2n) is 3.78. The van der Waals surface area contributed by atoms with Crippen LogP contribution in [0.2, 0.25) is 0 Å². The summed E-state index contributed by atoms with van der Waals surface area (Å²) in [6.45, 7) is 3.77. The van der Waals surface area contributed by atoms with Crippen LogP contribution in [0.25, 0.3) is 0 Å². The summed E-state index contributed by atoms with van der Waals surface area (Å²) in [5.74, 6) is 0. The maximum absolute atomic E-state index is 4.25. The second-order valence-corrected chi connectivity index (χ2v) is 5.79. The van der Waals surface area contributed by atoms with Gasteiger partial charge in [-0.3, -0.25) is 4.90 Å². The van der Waals surface area contributed by atoms with E-state index in [-0.39, 0.29) is 0 Å².